The van der Waals surface area contributed by atoms with Gasteiger partial charge in [0.2, 0.25) is 10.0 Å². The van der Waals surface area contributed by atoms with Gasteiger partial charge in [-0.2, -0.15) is 0 Å². The summed E-state index contributed by atoms with van der Waals surface area (Å²) in [4.78, 5) is 38.3. The summed E-state index contributed by atoms with van der Waals surface area (Å²) in [6.45, 7) is 4.12. The number of nitrogens with two attached hydrogens (primary N) is 1. The number of nitrogens with one attached hydrogen (secondary N) is 2. The van der Waals surface area contributed by atoms with Crippen molar-refractivity contribution in [3.8, 4) is 0 Å². The van der Waals surface area contributed by atoms with E-state index in [0.717, 1.165) is 0 Å². The zero-order chi connectivity index (χ0) is 20.4. The number of Topliss-reactive ketones (excluding diaryl/α,β-unsaturated/α-hetero) is 1. The number of benzene rings is 1. The van der Waals surface area contributed by atoms with Crippen molar-refractivity contribution < 1.29 is 27.5 Å². The van der Waals surface area contributed by atoms with E-state index < -0.39 is 28.5 Å². The Morgan fingerprint density at radius 1 is 1.15 bits per heavy atom. The Morgan fingerprint density at radius 2 is 1.74 bits per heavy atom. The van der Waals surface area contributed by atoms with Gasteiger partial charge in [-0.05, 0) is 50.6 Å². The van der Waals surface area contributed by atoms with E-state index in [2.05, 4.69) is 10.3 Å². The van der Waals surface area contributed by atoms with Crippen LogP contribution in [0.4, 0.5) is 5.69 Å². The van der Waals surface area contributed by atoms with Gasteiger partial charge in [-0.15, -0.1) is 0 Å². The number of ketones is 1. The van der Waals surface area contributed by atoms with Crippen molar-refractivity contribution in [1.29, 1.82) is 0 Å². The third-order valence-electron chi connectivity index (χ3n) is 3.79. The molecule has 1 amide bonds. The van der Waals surface area contributed by atoms with Crippen LogP contribution in [0.3, 0.4) is 0 Å². The standard InChI is InChI=1S/C17H19N3O6S/c1-9-15(11(3)21)10(2)19-16(9)17(23)26-8-14(22)20-12-4-6-13(7-5-12)27(18,24)25/h4-7,19H,8H2,1-3H3,(H,20,22)(H2,18,24,25). The van der Waals surface area contributed by atoms with E-state index in [1.165, 1.54) is 31.2 Å². The number of H-pyrrole nitrogens is 1. The fourth-order valence-corrected chi connectivity index (χ4v) is 3.13. The normalized spacial score (nSPS) is 11.1. The molecule has 0 saturated carbocycles. The molecule has 0 fully saturated rings. The van der Waals surface area contributed by atoms with Gasteiger partial charge in [-0.1, -0.05) is 0 Å². The van der Waals surface area contributed by atoms with Crippen molar-refractivity contribution in [2.45, 2.75) is 25.7 Å². The fourth-order valence-electron chi connectivity index (χ4n) is 2.61. The first-order valence-corrected chi connectivity index (χ1v) is 9.35. The molecule has 9 nitrogen and oxygen atoms in total. The van der Waals surface area contributed by atoms with Crippen molar-refractivity contribution in [1.82, 2.24) is 4.98 Å². The second kappa shape index (κ2) is 7.72. The molecule has 1 heterocycles. The van der Waals surface area contributed by atoms with Gasteiger partial charge in [0, 0.05) is 16.9 Å². The van der Waals surface area contributed by atoms with Crippen LogP contribution < -0.4 is 10.5 Å². The van der Waals surface area contributed by atoms with E-state index in [-0.39, 0.29) is 16.4 Å². The molecule has 10 heteroatoms. The van der Waals surface area contributed by atoms with E-state index >= 15 is 0 Å². The number of aryl methyl sites for hydroxylation is 1. The molecule has 2 rings (SSSR count). The number of anilines is 1. The molecule has 0 bridgehead atoms. The van der Waals surface area contributed by atoms with Gasteiger partial charge in [-0.25, -0.2) is 18.4 Å². The second-order valence-electron chi connectivity index (χ2n) is 5.87. The lowest BCUT2D eigenvalue weighted by Crippen LogP contribution is -2.21. The number of hydrogen-bond acceptors (Lipinski definition) is 6. The third-order valence-corrected chi connectivity index (χ3v) is 4.72. The van der Waals surface area contributed by atoms with Crippen LogP contribution in [0.25, 0.3) is 0 Å². The lowest BCUT2D eigenvalue weighted by atomic mass is 10.1. The predicted octanol–water partition coefficient (Wildman–Crippen LogP) is 1.28. The molecule has 1 aromatic heterocycles. The molecule has 1 aromatic carbocycles. The lowest BCUT2D eigenvalue weighted by molar-refractivity contribution is -0.119. The maximum absolute atomic E-state index is 12.1. The molecule has 0 aliphatic carbocycles. The summed E-state index contributed by atoms with van der Waals surface area (Å²) >= 11 is 0. The first-order valence-electron chi connectivity index (χ1n) is 7.80. The molecule has 27 heavy (non-hydrogen) atoms. The average molecular weight is 393 g/mol. The van der Waals surface area contributed by atoms with Crippen molar-refractivity contribution in [3.63, 3.8) is 0 Å². The summed E-state index contributed by atoms with van der Waals surface area (Å²) in [6, 6.07) is 5.20. The van der Waals surface area contributed by atoms with Crippen molar-refractivity contribution in [2.75, 3.05) is 11.9 Å². The summed E-state index contributed by atoms with van der Waals surface area (Å²) in [5.74, 6) is -1.55. The molecular formula is C17H19N3O6S. The van der Waals surface area contributed by atoms with Crippen LogP contribution in [0.5, 0.6) is 0 Å². The molecule has 0 unspecified atom stereocenters. The van der Waals surface area contributed by atoms with Gasteiger partial charge in [0.25, 0.3) is 5.91 Å². The zero-order valence-electron chi connectivity index (χ0n) is 15.0. The Morgan fingerprint density at radius 3 is 2.22 bits per heavy atom. The second-order valence-corrected chi connectivity index (χ2v) is 7.44. The Kier molecular flexibility index (Phi) is 5.82. The number of amides is 1. The van der Waals surface area contributed by atoms with Crippen LogP contribution in [0.1, 0.15) is 39.0 Å². The number of hydrogen-bond donors (Lipinski definition) is 3. The number of aromatic amines is 1. The van der Waals surface area contributed by atoms with E-state index in [1.54, 1.807) is 13.8 Å². The largest absolute Gasteiger partial charge is 0.451 e. The Hall–Kier alpha value is -2.98. The van der Waals surface area contributed by atoms with Gasteiger partial charge >= 0.3 is 5.97 Å². The Labute approximate surface area is 156 Å². The monoisotopic (exact) mass is 393 g/mol. The fraction of sp³-hybridized carbons (Fsp3) is 0.235. The average Bonchev–Trinajstić information content (AvgIpc) is 2.87. The quantitative estimate of drug-likeness (QED) is 0.497. The third kappa shape index (κ3) is 4.80. The summed E-state index contributed by atoms with van der Waals surface area (Å²) in [6.07, 6.45) is 0. The summed E-state index contributed by atoms with van der Waals surface area (Å²) < 4.78 is 27.3. The molecular weight excluding hydrogens is 374 g/mol. The number of rotatable bonds is 6. The number of carbonyl (C=O) groups is 3. The van der Waals surface area contributed by atoms with Crippen LogP contribution >= 0.6 is 0 Å². The van der Waals surface area contributed by atoms with Crippen LogP contribution in [-0.2, 0) is 19.6 Å². The van der Waals surface area contributed by atoms with Crippen LogP contribution in [0, 0.1) is 13.8 Å². The summed E-state index contributed by atoms with van der Waals surface area (Å²) in [5.41, 5.74) is 1.86. The maximum Gasteiger partial charge on any atom is 0.355 e. The van der Waals surface area contributed by atoms with Gasteiger partial charge in [-0.3, -0.25) is 9.59 Å². The molecule has 0 spiro atoms. The smallest absolute Gasteiger partial charge is 0.355 e. The van der Waals surface area contributed by atoms with Gasteiger partial charge < -0.3 is 15.0 Å². The molecule has 4 N–H and O–H groups in total. The number of sulfonamides is 1. The highest BCUT2D eigenvalue weighted by Crippen LogP contribution is 2.19. The topological polar surface area (TPSA) is 148 Å². The van der Waals surface area contributed by atoms with Gasteiger partial charge in [0.1, 0.15) is 5.69 Å². The van der Waals surface area contributed by atoms with E-state index in [0.29, 0.717) is 22.5 Å². The number of esters is 1. The number of aromatic nitrogens is 1. The molecule has 0 atom stereocenters. The van der Waals surface area contributed by atoms with Crippen molar-refractivity contribution in [2.24, 2.45) is 5.14 Å². The molecule has 0 aliphatic heterocycles. The maximum atomic E-state index is 12.1. The summed E-state index contributed by atoms with van der Waals surface area (Å²) in [5, 5.41) is 7.45. The summed E-state index contributed by atoms with van der Waals surface area (Å²) in [7, 11) is -3.82. The highest BCUT2D eigenvalue weighted by Gasteiger charge is 2.21. The Bertz CT molecular complexity index is 1010. The van der Waals surface area contributed by atoms with E-state index in [9.17, 15) is 22.8 Å². The number of carbonyl (C=O) groups excluding carboxylic acids is 3. The van der Waals surface area contributed by atoms with Crippen molar-refractivity contribution >= 4 is 33.4 Å². The van der Waals surface area contributed by atoms with Gasteiger partial charge in [0.05, 0.1) is 4.90 Å². The molecule has 2 aromatic rings. The minimum Gasteiger partial charge on any atom is -0.451 e. The number of primary sulfonamides is 1. The van der Waals surface area contributed by atoms with Crippen LogP contribution in [0.2, 0.25) is 0 Å². The van der Waals surface area contributed by atoms with E-state index in [1.807, 2.05) is 0 Å². The SMILES string of the molecule is CC(=O)c1c(C)[nH]c(C(=O)OCC(=O)Nc2ccc(S(N)(=O)=O)cc2)c1C. The highest BCUT2D eigenvalue weighted by molar-refractivity contribution is 7.89. The first-order chi connectivity index (χ1) is 12.5. The molecule has 0 aliphatic rings. The van der Waals surface area contributed by atoms with Crippen LogP contribution in [0.15, 0.2) is 29.2 Å². The first kappa shape index (κ1) is 20.3. The molecule has 0 radical (unpaired) electrons. The predicted molar refractivity (Wildman–Crippen MR) is 97.0 cm³/mol. The number of ether oxygens (including phenoxy) is 1. The minimum atomic E-state index is -3.82. The highest BCUT2D eigenvalue weighted by atomic mass is 32.2. The zero-order valence-corrected chi connectivity index (χ0v) is 15.8. The molecule has 144 valence electrons. The van der Waals surface area contributed by atoms with Gasteiger partial charge in [0.15, 0.2) is 12.4 Å². The lowest BCUT2D eigenvalue weighted by Gasteiger charge is -2.07. The van der Waals surface area contributed by atoms with Crippen molar-refractivity contribution in [3.05, 3.63) is 46.8 Å². The Balaban J connectivity index is 1.99. The van der Waals surface area contributed by atoms with Crippen LogP contribution in [-0.4, -0.2) is 37.7 Å². The molecule has 0 saturated heterocycles. The minimum absolute atomic E-state index is 0.0919. The van der Waals surface area contributed by atoms with E-state index in [4.69, 9.17) is 9.88 Å².